The monoisotopic (exact) mass is 383 g/mol. The van der Waals surface area contributed by atoms with Gasteiger partial charge in [0.05, 0.1) is 17.4 Å². The number of thioether (sulfide) groups is 1. The Kier molecular flexibility index (Phi) is 5.65. The topological polar surface area (TPSA) is 72.5 Å². The van der Waals surface area contributed by atoms with E-state index < -0.39 is 11.2 Å². The number of Topliss-reactive ketones (excluding diaryl/α,β-unsaturated/α-hetero) is 1. The van der Waals surface area contributed by atoms with Crippen LogP contribution in [0.25, 0.3) is 0 Å². The summed E-state index contributed by atoms with van der Waals surface area (Å²) in [5, 5.41) is 2.23. The van der Waals surface area contributed by atoms with Gasteiger partial charge in [-0.2, -0.15) is 0 Å². The van der Waals surface area contributed by atoms with Crippen molar-refractivity contribution in [2.75, 3.05) is 11.9 Å². The second-order valence-electron chi connectivity index (χ2n) is 6.63. The van der Waals surface area contributed by atoms with Gasteiger partial charge in [-0.1, -0.05) is 18.2 Å². The third-order valence-corrected chi connectivity index (χ3v) is 5.84. The summed E-state index contributed by atoms with van der Waals surface area (Å²) >= 11 is 1.33. The van der Waals surface area contributed by atoms with E-state index in [1.54, 1.807) is 0 Å². The fraction of sp³-hybridized carbons (Fsp3) is 0.286. The Morgan fingerprint density at radius 2 is 1.78 bits per heavy atom. The summed E-state index contributed by atoms with van der Waals surface area (Å²) in [5.41, 5.74) is 4.30. The van der Waals surface area contributed by atoms with Crippen LogP contribution in [0.3, 0.4) is 0 Å². The first-order chi connectivity index (χ1) is 12.8. The molecule has 0 aromatic heterocycles. The van der Waals surface area contributed by atoms with Gasteiger partial charge in [-0.25, -0.2) is 0 Å². The molecule has 0 unspecified atom stereocenters. The number of hydrogen-bond acceptors (Lipinski definition) is 5. The van der Waals surface area contributed by atoms with Gasteiger partial charge >= 0.3 is 5.97 Å². The van der Waals surface area contributed by atoms with Gasteiger partial charge in [0.2, 0.25) is 11.7 Å². The number of para-hydroxylation sites is 1. The van der Waals surface area contributed by atoms with Crippen LogP contribution in [0.1, 0.15) is 33.5 Å². The van der Waals surface area contributed by atoms with Crippen molar-refractivity contribution in [1.82, 2.24) is 0 Å². The molecule has 1 atom stereocenters. The molecule has 2 aromatic rings. The molecule has 1 heterocycles. The van der Waals surface area contributed by atoms with Crippen LogP contribution in [0, 0.1) is 20.8 Å². The molecule has 0 saturated carbocycles. The number of carbonyl (C=O) groups is 3. The molecule has 3 rings (SSSR count). The lowest BCUT2D eigenvalue weighted by molar-refractivity contribution is -0.143. The number of anilines is 1. The van der Waals surface area contributed by atoms with Gasteiger partial charge in [-0.15, -0.1) is 11.8 Å². The predicted octanol–water partition coefficient (Wildman–Crippen LogP) is 3.84. The molecular weight excluding hydrogens is 362 g/mol. The van der Waals surface area contributed by atoms with E-state index in [1.165, 1.54) is 11.8 Å². The molecule has 6 heteroatoms. The van der Waals surface area contributed by atoms with Crippen molar-refractivity contribution in [1.29, 1.82) is 0 Å². The van der Waals surface area contributed by atoms with Crippen molar-refractivity contribution in [3.63, 3.8) is 0 Å². The van der Waals surface area contributed by atoms with Gasteiger partial charge in [0.1, 0.15) is 0 Å². The van der Waals surface area contributed by atoms with Crippen LogP contribution < -0.4 is 5.32 Å². The number of amides is 1. The lowest BCUT2D eigenvalue weighted by Gasteiger charge is -2.23. The van der Waals surface area contributed by atoms with Crippen LogP contribution in [-0.2, 0) is 14.3 Å². The van der Waals surface area contributed by atoms with E-state index in [-0.39, 0.29) is 24.7 Å². The molecule has 0 radical (unpaired) electrons. The molecule has 1 aliphatic heterocycles. The van der Waals surface area contributed by atoms with Crippen molar-refractivity contribution in [2.45, 2.75) is 37.3 Å². The highest BCUT2D eigenvalue weighted by Gasteiger charge is 2.29. The van der Waals surface area contributed by atoms with Crippen LogP contribution in [-0.4, -0.2) is 29.5 Å². The van der Waals surface area contributed by atoms with E-state index in [2.05, 4.69) is 5.32 Å². The Morgan fingerprint density at radius 3 is 2.56 bits per heavy atom. The number of fused-ring (bicyclic) bond motifs is 1. The zero-order valence-electron chi connectivity index (χ0n) is 15.5. The Hall–Kier alpha value is -2.60. The second kappa shape index (κ2) is 7.96. The largest absolute Gasteiger partial charge is 0.457 e. The molecule has 27 heavy (non-hydrogen) atoms. The fourth-order valence-corrected chi connectivity index (χ4v) is 4.02. The maximum absolute atomic E-state index is 12.4. The van der Waals surface area contributed by atoms with E-state index in [4.69, 9.17) is 4.74 Å². The Balaban J connectivity index is 1.58. The highest BCUT2D eigenvalue weighted by atomic mass is 32.2. The molecule has 0 aliphatic carbocycles. The lowest BCUT2D eigenvalue weighted by atomic mass is 9.98. The third-order valence-electron chi connectivity index (χ3n) is 4.56. The first kappa shape index (κ1) is 19.2. The van der Waals surface area contributed by atoms with Crippen LogP contribution in [0.4, 0.5) is 5.69 Å². The smallest absolute Gasteiger partial charge is 0.307 e. The molecule has 0 saturated heterocycles. The van der Waals surface area contributed by atoms with Crippen LogP contribution >= 0.6 is 11.8 Å². The van der Waals surface area contributed by atoms with Gasteiger partial charge in [-0.05, 0) is 55.7 Å². The standard InChI is InChI=1S/C21H21NO4S/c1-12-8-14(3)15(9-13(12)2)17(23)11-26-20(24)10-19-21(25)22-16-6-4-5-7-18(16)27-19/h4-9,19H,10-11H2,1-3H3,(H,22,25)/t19-/m0/s1. The van der Waals surface area contributed by atoms with Gasteiger partial charge in [0.25, 0.3) is 0 Å². The quantitative estimate of drug-likeness (QED) is 0.627. The van der Waals surface area contributed by atoms with Gasteiger partial charge in [0.15, 0.2) is 6.61 Å². The van der Waals surface area contributed by atoms with Crippen molar-refractivity contribution < 1.29 is 19.1 Å². The summed E-state index contributed by atoms with van der Waals surface area (Å²) in [7, 11) is 0. The molecule has 0 fully saturated rings. The van der Waals surface area contributed by atoms with Crippen molar-refractivity contribution in [2.24, 2.45) is 0 Å². The Bertz CT molecular complexity index is 922. The zero-order valence-corrected chi connectivity index (χ0v) is 16.3. The number of rotatable bonds is 5. The van der Waals surface area contributed by atoms with Crippen LogP contribution in [0.2, 0.25) is 0 Å². The first-order valence-corrected chi connectivity index (χ1v) is 9.56. The zero-order chi connectivity index (χ0) is 19.6. The van der Waals surface area contributed by atoms with E-state index in [1.807, 2.05) is 57.2 Å². The average Bonchev–Trinajstić information content (AvgIpc) is 2.63. The Labute approximate surface area is 162 Å². The summed E-state index contributed by atoms with van der Waals surface area (Å²) in [4.78, 5) is 37.6. The SMILES string of the molecule is Cc1cc(C)c(C(=O)COC(=O)C[C@@H]2Sc3ccccc3NC2=O)cc1C. The molecule has 1 aliphatic rings. The Morgan fingerprint density at radius 1 is 1.07 bits per heavy atom. The summed E-state index contributed by atoms with van der Waals surface area (Å²) in [6.07, 6.45) is -0.0793. The highest BCUT2D eigenvalue weighted by molar-refractivity contribution is 8.01. The number of esters is 1. The summed E-state index contributed by atoms with van der Waals surface area (Å²) in [6.45, 7) is 5.47. The average molecular weight is 383 g/mol. The number of ketones is 1. The van der Waals surface area contributed by atoms with Gasteiger partial charge in [0, 0.05) is 10.5 Å². The minimum absolute atomic E-state index is 0.0793. The molecule has 1 amide bonds. The minimum atomic E-state index is -0.564. The number of benzene rings is 2. The maximum atomic E-state index is 12.4. The fourth-order valence-electron chi connectivity index (χ4n) is 2.92. The molecule has 5 nitrogen and oxygen atoms in total. The summed E-state index contributed by atoms with van der Waals surface area (Å²) in [5.74, 6) is -1.03. The van der Waals surface area contributed by atoms with Gasteiger partial charge in [-0.3, -0.25) is 14.4 Å². The molecular formula is C21H21NO4S. The van der Waals surface area contributed by atoms with Crippen LogP contribution in [0.15, 0.2) is 41.3 Å². The summed E-state index contributed by atoms with van der Waals surface area (Å²) < 4.78 is 5.14. The number of nitrogens with one attached hydrogen (secondary N) is 1. The van der Waals surface area contributed by atoms with E-state index in [9.17, 15) is 14.4 Å². The first-order valence-electron chi connectivity index (χ1n) is 8.68. The van der Waals surface area contributed by atoms with Crippen molar-refractivity contribution in [3.8, 4) is 0 Å². The van der Waals surface area contributed by atoms with Crippen molar-refractivity contribution in [3.05, 3.63) is 58.7 Å². The minimum Gasteiger partial charge on any atom is -0.457 e. The van der Waals surface area contributed by atoms with Gasteiger partial charge < -0.3 is 10.1 Å². The van der Waals surface area contributed by atoms with Crippen molar-refractivity contribution >= 4 is 35.1 Å². The van der Waals surface area contributed by atoms with E-state index in [0.29, 0.717) is 5.56 Å². The van der Waals surface area contributed by atoms with Crippen LogP contribution in [0.5, 0.6) is 0 Å². The third kappa shape index (κ3) is 4.39. The number of aryl methyl sites for hydroxylation is 3. The number of ether oxygens (including phenoxy) is 1. The lowest BCUT2D eigenvalue weighted by Crippen LogP contribution is -2.31. The predicted molar refractivity (Wildman–Crippen MR) is 105 cm³/mol. The summed E-state index contributed by atoms with van der Waals surface area (Å²) in [6, 6.07) is 11.2. The molecule has 0 bridgehead atoms. The normalized spacial score (nSPS) is 15.7. The molecule has 2 aromatic carbocycles. The number of hydrogen-bond donors (Lipinski definition) is 1. The molecule has 140 valence electrons. The number of carbonyl (C=O) groups excluding carboxylic acids is 3. The molecule has 0 spiro atoms. The van der Waals surface area contributed by atoms with E-state index in [0.717, 1.165) is 27.3 Å². The second-order valence-corrected chi connectivity index (χ2v) is 7.88. The highest BCUT2D eigenvalue weighted by Crippen LogP contribution is 2.36. The maximum Gasteiger partial charge on any atom is 0.307 e. The molecule has 1 N–H and O–H groups in total. The van der Waals surface area contributed by atoms with E-state index >= 15 is 0 Å².